The van der Waals surface area contributed by atoms with Crippen molar-refractivity contribution in [2.75, 3.05) is 32.6 Å². The molecule has 0 aromatic carbocycles. The number of rotatable bonds is 7. The van der Waals surface area contributed by atoms with Crippen molar-refractivity contribution in [1.82, 2.24) is 15.5 Å². The average molecular weight is 287 g/mol. The third kappa shape index (κ3) is 3.66. The van der Waals surface area contributed by atoms with Gasteiger partial charge in [-0.25, -0.2) is 0 Å². The lowest BCUT2D eigenvalue weighted by Gasteiger charge is -2.17. The fourth-order valence-electron chi connectivity index (χ4n) is 2.01. The van der Waals surface area contributed by atoms with Gasteiger partial charge < -0.3 is 10.1 Å². The Morgan fingerprint density at radius 2 is 2.28 bits per heavy atom. The predicted molar refractivity (Wildman–Crippen MR) is 77.4 cm³/mol. The number of nitrogens with one attached hydrogen (secondary N) is 1. The van der Waals surface area contributed by atoms with Gasteiger partial charge in [0.25, 0.3) is 0 Å². The predicted octanol–water partition coefficient (Wildman–Crippen LogP) is 2.06. The Labute approximate surface area is 117 Å². The molecule has 0 saturated carbocycles. The van der Waals surface area contributed by atoms with Crippen LogP contribution in [0.25, 0.3) is 0 Å². The fraction of sp³-hybridized carbons (Fsp3) is 0.833. The molecule has 6 heteroatoms. The van der Waals surface area contributed by atoms with Crippen LogP contribution >= 0.6 is 23.1 Å². The lowest BCUT2D eigenvalue weighted by molar-refractivity contribution is 0.199. The molecule has 0 radical (unpaired) electrons. The van der Waals surface area contributed by atoms with Crippen LogP contribution in [0.2, 0.25) is 0 Å². The number of thioether (sulfide) groups is 1. The van der Waals surface area contributed by atoms with Gasteiger partial charge in [0.15, 0.2) is 0 Å². The van der Waals surface area contributed by atoms with Crippen LogP contribution in [0.3, 0.4) is 0 Å². The standard InChI is InChI=1S/C12H21N3OS2/c1-12(5-3-9-17-12)11-15-14-10(18-11)4-6-13-7-8-16-2/h13H,3-9H2,1-2H3. The molecule has 1 aliphatic heterocycles. The molecule has 1 fully saturated rings. The van der Waals surface area contributed by atoms with Crippen molar-refractivity contribution in [3.05, 3.63) is 10.0 Å². The van der Waals surface area contributed by atoms with Gasteiger partial charge in [0, 0.05) is 26.6 Å². The zero-order valence-corrected chi connectivity index (χ0v) is 12.7. The van der Waals surface area contributed by atoms with Gasteiger partial charge in [0.2, 0.25) is 0 Å². The lowest BCUT2D eigenvalue weighted by Crippen LogP contribution is -2.21. The van der Waals surface area contributed by atoms with Crippen molar-refractivity contribution < 1.29 is 4.74 Å². The number of hydrogen-bond acceptors (Lipinski definition) is 6. The minimum absolute atomic E-state index is 0.222. The van der Waals surface area contributed by atoms with Crippen molar-refractivity contribution in [3.8, 4) is 0 Å². The number of nitrogens with zero attached hydrogens (tertiary/aromatic N) is 2. The van der Waals surface area contributed by atoms with Crippen molar-refractivity contribution in [3.63, 3.8) is 0 Å². The molecule has 2 rings (SSSR count). The third-order valence-corrected chi connectivity index (χ3v) is 6.04. The Morgan fingerprint density at radius 3 is 3.00 bits per heavy atom. The first-order valence-corrected chi connectivity index (χ1v) is 8.21. The number of methoxy groups -OCH3 is 1. The number of hydrogen-bond donors (Lipinski definition) is 1. The van der Waals surface area contributed by atoms with E-state index in [0.717, 1.165) is 31.1 Å². The Bertz CT molecular complexity index is 364. The molecule has 1 saturated heterocycles. The van der Waals surface area contributed by atoms with Crippen LogP contribution in [-0.2, 0) is 15.9 Å². The highest BCUT2D eigenvalue weighted by Crippen LogP contribution is 2.46. The highest BCUT2D eigenvalue weighted by molar-refractivity contribution is 8.00. The minimum atomic E-state index is 0.222. The van der Waals surface area contributed by atoms with E-state index in [1.54, 1.807) is 18.4 Å². The van der Waals surface area contributed by atoms with Gasteiger partial charge in [-0.2, -0.15) is 0 Å². The molecule has 102 valence electrons. The largest absolute Gasteiger partial charge is 0.383 e. The van der Waals surface area contributed by atoms with E-state index in [1.165, 1.54) is 23.6 Å². The molecule has 0 spiro atoms. The molecule has 1 N–H and O–H groups in total. The van der Waals surface area contributed by atoms with E-state index in [2.05, 4.69) is 22.4 Å². The summed E-state index contributed by atoms with van der Waals surface area (Å²) in [7, 11) is 1.72. The number of aromatic nitrogens is 2. The van der Waals surface area contributed by atoms with Gasteiger partial charge in [0.05, 0.1) is 11.4 Å². The zero-order valence-electron chi connectivity index (χ0n) is 11.1. The van der Waals surface area contributed by atoms with Crippen LogP contribution in [0, 0.1) is 0 Å². The fourth-order valence-corrected chi connectivity index (χ4v) is 4.41. The van der Waals surface area contributed by atoms with E-state index in [-0.39, 0.29) is 4.75 Å². The highest BCUT2D eigenvalue weighted by Gasteiger charge is 2.34. The first kappa shape index (κ1) is 14.2. The first-order valence-electron chi connectivity index (χ1n) is 6.41. The van der Waals surface area contributed by atoms with Gasteiger partial charge in [0.1, 0.15) is 10.0 Å². The molecule has 1 atom stereocenters. The quantitative estimate of drug-likeness (QED) is 0.778. The average Bonchev–Trinajstić information content (AvgIpc) is 2.99. The lowest BCUT2D eigenvalue weighted by atomic mass is 10.1. The SMILES string of the molecule is COCCNCCc1nnc(C2(C)CCCS2)s1. The highest BCUT2D eigenvalue weighted by atomic mass is 32.2. The minimum Gasteiger partial charge on any atom is -0.383 e. The second-order valence-electron chi connectivity index (χ2n) is 4.68. The summed E-state index contributed by atoms with van der Waals surface area (Å²) in [5, 5.41) is 14.4. The summed E-state index contributed by atoms with van der Waals surface area (Å²) in [6.07, 6.45) is 3.50. The summed E-state index contributed by atoms with van der Waals surface area (Å²) < 4.78 is 5.21. The monoisotopic (exact) mass is 287 g/mol. The topological polar surface area (TPSA) is 47.0 Å². The maximum atomic E-state index is 4.99. The van der Waals surface area contributed by atoms with Gasteiger partial charge in [-0.3, -0.25) is 0 Å². The molecule has 0 bridgehead atoms. The molecule has 4 nitrogen and oxygen atoms in total. The molecular weight excluding hydrogens is 266 g/mol. The zero-order chi connectivity index (χ0) is 12.8. The Morgan fingerprint density at radius 1 is 1.39 bits per heavy atom. The molecule has 0 aliphatic carbocycles. The van der Waals surface area contributed by atoms with E-state index in [9.17, 15) is 0 Å². The van der Waals surface area contributed by atoms with Crippen LogP contribution in [-0.4, -0.2) is 42.8 Å². The summed E-state index contributed by atoms with van der Waals surface area (Å²) in [6.45, 7) is 4.90. The molecule has 1 unspecified atom stereocenters. The van der Waals surface area contributed by atoms with Gasteiger partial charge in [-0.15, -0.1) is 33.3 Å². The van der Waals surface area contributed by atoms with Gasteiger partial charge >= 0.3 is 0 Å². The van der Waals surface area contributed by atoms with Crippen LogP contribution in [0.4, 0.5) is 0 Å². The van der Waals surface area contributed by atoms with E-state index >= 15 is 0 Å². The van der Waals surface area contributed by atoms with Crippen molar-refractivity contribution in [2.24, 2.45) is 0 Å². The Kier molecular flexibility index (Phi) is 5.41. The van der Waals surface area contributed by atoms with E-state index < -0.39 is 0 Å². The summed E-state index contributed by atoms with van der Waals surface area (Å²) in [4.78, 5) is 0. The maximum absolute atomic E-state index is 4.99. The van der Waals surface area contributed by atoms with E-state index in [4.69, 9.17) is 4.74 Å². The van der Waals surface area contributed by atoms with Crippen LogP contribution in [0.1, 0.15) is 29.8 Å². The molecule has 1 aromatic heterocycles. The van der Waals surface area contributed by atoms with Crippen molar-refractivity contribution >= 4 is 23.1 Å². The van der Waals surface area contributed by atoms with Crippen molar-refractivity contribution in [1.29, 1.82) is 0 Å². The smallest absolute Gasteiger partial charge is 0.133 e. The Hall–Kier alpha value is -0.170. The normalized spacial score (nSPS) is 23.7. The first-order chi connectivity index (χ1) is 8.74. The maximum Gasteiger partial charge on any atom is 0.133 e. The molecule has 1 aliphatic rings. The van der Waals surface area contributed by atoms with Crippen LogP contribution < -0.4 is 5.32 Å². The van der Waals surface area contributed by atoms with E-state index in [0.29, 0.717) is 0 Å². The Balaban J connectivity index is 1.79. The van der Waals surface area contributed by atoms with Gasteiger partial charge in [-0.05, 0) is 25.5 Å². The second kappa shape index (κ2) is 6.84. The van der Waals surface area contributed by atoms with Gasteiger partial charge in [-0.1, -0.05) is 0 Å². The summed E-state index contributed by atoms with van der Waals surface area (Å²) in [5.74, 6) is 1.25. The molecule has 1 aromatic rings. The molecule has 0 amide bonds. The molecule has 2 heterocycles. The summed E-state index contributed by atoms with van der Waals surface area (Å²) in [6, 6.07) is 0. The van der Waals surface area contributed by atoms with Crippen molar-refractivity contribution in [2.45, 2.75) is 30.9 Å². The van der Waals surface area contributed by atoms with E-state index in [1.807, 2.05) is 11.8 Å². The molecular formula is C12H21N3OS2. The second-order valence-corrected chi connectivity index (χ2v) is 7.34. The molecule has 18 heavy (non-hydrogen) atoms. The summed E-state index contributed by atoms with van der Waals surface area (Å²) in [5.41, 5.74) is 0. The number of ether oxygens (including phenoxy) is 1. The summed E-state index contributed by atoms with van der Waals surface area (Å²) >= 11 is 3.80. The third-order valence-electron chi connectivity index (χ3n) is 3.14. The van der Waals surface area contributed by atoms with Crippen LogP contribution in [0.5, 0.6) is 0 Å². The van der Waals surface area contributed by atoms with Crippen LogP contribution in [0.15, 0.2) is 0 Å².